The molecule has 0 unspecified atom stereocenters. The zero-order chi connectivity index (χ0) is 13.4. The van der Waals surface area contributed by atoms with Crippen molar-refractivity contribution in [3.63, 3.8) is 0 Å². The lowest BCUT2D eigenvalue weighted by Gasteiger charge is -2.12. The minimum Gasteiger partial charge on any atom is -0.347 e. The van der Waals surface area contributed by atoms with Crippen molar-refractivity contribution < 1.29 is 0 Å². The molecule has 2 fully saturated rings. The van der Waals surface area contributed by atoms with Crippen LogP contribution >= 0.6 is 0 Å². The highest BCUT2D eigenvalue weighted by Crippen LogP contribution is 2.28. The third kappa shape index (κ3) is 2.62. The number of hydrogen-bond acceptors (Lipinski definition) is 1. The Morgan fingerprint density at radius 1 is 1.05 bits per heavy atom. The van der Waals surface area contributed by atoms with Crippen molar-refractivity contribution in [2.45, 2.75) is 57.7 Å². The summed E-state index contributed by atoms with van der Waals surface area (Å²) < 4.78 is 2.48. The van der Waals surface area contributed by atoms with E-state index < -0.39 is 0 Å². The van der Waals surface area contributed by atoms with Crippen LogP contribution < -0.4 is 5.32 Å². The molecular weight excluding hydrogens is 244 g/mol. The van der Waals surface area contributed by atoms with Crippen molar-refractivity contribution in [3.05, 3.63) is 36.0 Å². The summed E-state index contributed by atoms with van der Waals surface area (Å²) in [7, 11) is 0. The van der Waals surface area contributed by atoms with Crippen molar-refractivity contribution >= 4 is 10.9 Å². The quantitative estimate of drug-likeness (QED) is 0.864. The van der Waals surface area contributed by atoms with E-state index in [1.165, 1.54) is 61.5 Å². The molecule has 1 aromatic carbocycles. The Bertz CT molecular complexity index is 588. The summed E-state index contributed by atoms with van der Waals surface area (Å²) in [5.41, 5.74) is 2.85. The Morgan fingerprint density at radius 3 is 2.70 bits per heavy atom. The number of benzene rings is 1. The molecule has 4 rings (SSSR count). The first-order chi connectivity index (χ1) is 9.88. The molecule has 0 radical (unpaired) electrons. The van der Waals surface area contributed by atoms with Gasteiger partial charge in [0.2, 0.25) is 0 Å². The second kappa shape index (κ2) is 5.25. The average Bonchev–Trinajstić information content (AvgIpc) is 3.01. The maximum Gasteiger partial charge on any atom is 0.0483 e. The van der Waals surface area contributed by atoms with Crippen LogP contribution in [0.25, 0.3) is 10.9 Å². The fourth-order valence-corrected chi connectivity index (χ4v) is 3.52. The van der Waals surface area contributed by atoms with Gasteiger partial charge < -0.3 is 9.88 Å². The van der Waals surface area contributed by atoms with Crippen LogP contribution in [0.3, 0.4) is 0 Å². The summed E-state index contributed by atoms with van der Waals surface area (Å²) in [5.74, 6) is 0.902. The SMILES string of the molecule is c1cc2ccn(CC3CCCC3)c2cc1CNC1CC1. The van der Waals surface area contributed by atoms with Gasteiger partial charge in [-0.15, -0.1) is 0 Å². The Balaban J connectivity index is 1.54. The molecule has 1 aromatic heterocycles. The van der Waals surface area contributed by atoms with Gasteiger partial charge in [-0.1, -0.05) is 25.0 Å². The summed E-state index contributed by atoms with van der Waals surface area (Å²) in [6, 6.07) is 10.0. The highest BCUT2D eigenvalue weighted by atomic mass is 15.0. The van der Waals surface area contributed by atoms with Gasteiger partial charge in [0.05, 0.1) is 0 Å². The number of rotatable bonds is 5. The van der Waals surface area contributed by atoms with Crippen LogP contribution in [0.2, 0.25) is 0 Å². The van der Waals surface area contributed by atoms with E-state index in [2.05, 4.69) is 40.3 Å². The van der Waals surface area contributed by atoms with Crippen molar-refractivity contribution in [2.75, 3.05) is 0 Å². The second-order valence-electron chi connectivity index (χ2n) is 6.67. The smallest absolute Gasteiger partial charge is 0.0483 e. The van der Waals surface area contributed by atoms with E-state index in [-0.39, 0.29) is 0 Å². The van der Waals surface area contributed by atoms with Gasteiger partial charge in [0.25, 0.3) is 0 Å². The fourth-order valence-electron chi connectivity index (χ4n) is 3.52. The Morgan fingerprint density at radius 2 is 1.90 bits per heavy atom. The molecule has 1 N–H and O–H groups in total. The molecule has 0 saturated heterocycles. The molecule has 2 aromatic rings. The lowest BCUT2D eigenvalue weighted by molar-refractivity contribution is 0.466. The largest absolute Gasteiger partial charge is 0.347 e. The summed E-state index contributed by atoms with van der Waals surface area (Å²) in [6.45, 7) is 2.23. The van der Waals surface area contributed by atoms with Crippen LogP contribution in [0, 0.1) is 5.92 Å². The van der Waals surface area contributed by atoms with Gasteiger partial charge in [0, 0.05) is 30.8 Å². The zero-order valence-electron chi connectivity index (χ0n) is 12.1. The van der Waals surface area contributed by atoms with Gasteiger partial charge in [-0.05, 0) is 54.7 Å². The predicted octanol–water partition coefficient (Wildman–Crippen LogP) is 4.08. The topological polar surface area (TPSA) is 17.0 Å². The lowest BCUT2D eigenvalue weighted by Crippen LogP contribution is -2.15. The number of aromatic nitrogens is 1. The van der Waals surface area contributed by atoms with Crippen LogP contribution in [0.5, 0.6) is 0 Å². The third-order valence-electron chi connectivity index (χ3n) is 4.94. The third-order valence-corrected chi connectivity index (χ3v) is 4.94. The van der Waals surface area contributed by atoms with Crippen LogP contribution in [-0.4, -0.2) is 10.6 Å². The fraction of sp³-hybridized carbons (Fsp3) is 0.556. The summed E-state index contributed by atoms with van der Waals surface area (Å²) >= 11 is 0. The molecule has 2 aliphatic rings. The molecule has 106 valence electrons. The predicted molar refractivity (Wildman–Crippen MR) is 83.8 cm³/mol. The number of nitrogens with one attached hydrogen (secondary N) is 1. The van der Waals surface area contributed by atoms with E-state index >= 15 is 0 Å². The monoisotopic (exact) mass is 268 g/mol. The molecule has 2 nitrogen and oxygen atoms in total. The van der Waals surface area contributed by atoms with Gasteiger partial charge in [0.15, 0.2) is 0 Å². The summed E-state index contributed by atoms with van der Waals surface area (Å²) in [5, 5.41) is 5.00. The molecule has 0 atom stereocenters. The number of hydrogen-bond donors (Lipinski definition) is 1. The number of nitrogens with zero attached hydrogens (tertiary/aromatic N) is 1. The van der Waals surface area contributed by atoms with E-state index in [4.69, 9.17) is 0 Å². The standard InChI is InChI=1S/C18H24N2/c1-2-4-14(3-1)13-20-10-9-16-6-5-15(11-18(16)20)12-19-17-7-8-17/h5-6,9-11,14,17,19H,1-4,7-8,12-13H2. The minimum atomic E-state index is 0.788. The van der Waals surface area contributed by atoms with Crippen molar-refractivity contribution in [2.24, 2.45) is 5.92 Å². The van der Waals surface area contributed by atoms with E-state index in [0.717, 1.165) is 18.5 Å². The van der Waals surface area contributed by atoms with Gasteiger partial charge >= 0.3 is 0 Å². The number of fused-ring (bicyclic) bond motifs is 1. The van der Waals surface area contributed by atoms with Gasteiger partial charge in [-0.2, -0.15) is 0 Å². The lowest BCUT2D eigenvalue weighted by atomic mass is 10.1. The first-order valence-electron chi connectivity index (χ1n) is 8.20. The van der Waals surface area contributed by atoms with E-state index in [1.54, 1.807) is 0 Å². The molecule has 2 heteroatoms. The Kier molecular flexibility index (Phi) is 3.27. The molecule has 0 bridgehead atoms. The van der Waals surface area contributed by atoms with Crippen molar-refractivity contribution in [1.29, 1.82) is 0 Å². The normalized spacial score (nSPS) is 20.0. The first-order valence-corrected chi connectivity index (χ1v) is 8.20. The summed E-state index contributed by atoms with van der Waals surface area (Å²) in [6.07, 6.45) is 10.7. The van der Waals surface area contributed by atoms with E-state index in [0.29, 0.717) is 0 Å². The molecule has 0 amide bonds. The van der Waals surface area contributed by atoms with E-state index in [9.17, 15) is 0 Å². The first kappa shape index (κ1) is 12.5. The van der Waals surface area contributed by atoms with Gasteiger partial charge in [0.1, 0.15) is 0 Å². The summed E-state index contributed by atoms with van der Waals surface area (Å²) in [4.78, 5) is 0. The molecule has 20 heavy (non-hydrogen) atoms. The maximum absolute atomic E-state index is 3.61. The molecular formula is C18H24N2. The zero-order valence-corrected chi connectivity index (χ0v) is 12.1. The molecule has 2 aliphatic carbocycles. The van der Waals surface area contributed by atoms with Gasteiger partial charge in [-0.3, -0.25) is 0 Å². The van der Waals surface area contributed by atoms with Crippen molar-refractivity contribution in [1.82, 2.24) is 9.88 Å². The van der Waals surface area contributed by atoms with Crippen LogP contribution in [0.15, 0.2) is 30.5 Å². The van der Waals surface area contributed by atoms with Gasteiger partial charge in [-0.25, -0.2) is 0 Å². The van der Waals surface area contributed by atoms with E-state index in [1.807, 2.05) is 0 Å². The maximum atomic E-state index is 3.61. The molecule has 0 spiro atoms. The second-order valence-corrected chi connectivity index (χ2v) is 6.67. The van der Waals surface area contributed by atoms with Crippen molar-refractivity contribution in [3.8, 4) is 0 Å². The average molecular weight is 268 g/mol. The highest BCUT2D eigenvalue weighted by Gasteiger charge is 2.20. The van der Waals surface area contributed by atoms with Crippen LogP contribution in [0.1, 0.15) is 44.1 Å². The minimum absolute atomic E-state index is 0.788. The molecule has 1 heterocycles. The molecule has 0 aliphatic heterocycles. The highest BCUT2D eigenvalue weighted by molar-refractivity contribution is 5.80. The Hall–Kier alpha value is -1.28. The van der Waals surface area contributed by atoms with Crippen LogP contribution in [0.4, 0.5) is 0 Å². The Labute approximate surface area is 121 Å². The van der Waals surface area contributed by atoms with Crippen LogP contribution in [-0.2, 0) is 13.1 Å². The molecule has 2 saturated carbocycles.